The summed E-state index contributed by atoms with van der Waals surface area (Å²) in [5, 5.41) is 9.62. The van der Waals surface area contributed by atoms with E-state index < -0.39 is 0 Å². The van der Waals surface area contributed by atoms with Crippen molar-refractivity contribution in [2.24, 2.45) is 0 Å². The van der Waals surface area contributed by atoms with Gasteiger partial charge in [-0.2, -0.15) is 0 Å². The molecule has 134 valence electrons. The number of aromatic hydroxyl groups is 1. The maximum absolute atomic E-state index is 12.6. The zero-order valence-corrected chi connectivity index (χ0v) is 14.8. The predicted molar refractivity (Wildman–Crippen MR) is 102 cm³/mol. The van der Waals surface area contributed by atoms with Crippen molar-refractivity contribution in [1.82, 2.24) is 4.90 Å². The molecule has 1 heterocycles. The molecule has 0 radical (unpaired) electrons. The van der Waals surface area contributed by atoms with Crippen molar-refractivity contribution < 1.29 is 14.6 Å². The van der Waals surface area contributed by atoms with Crippen LogP contribution in [0.2, 0.25) is 0 Å². The van der Waals surface area contributed by atoms with E-state index in [4.69, 9.17) is 4.74 Å². The molecule has 0 fully saturated rings. The molecule has 0 bridgehead atoms. The number of carbonyl (C=O) groups is 1. The normalized spacial score (nSPS) is 14.6. The van der Waals surface area contributed by atoms with Crippen molar-refractivity contribution in [3.8, 4) is 16.9 Å². The van der Waals surface area contributed by atoms with E-state index in [1.807, 2.05) is 30.3 Å². The summed E-state index contributed by atoms with van der Waals surface area (Å²) in [5.41, 5.74) is 6.89. The van der Waals surface area contributed by atoms with Crippen LogP contribution in [-0.2, 0) is 17.8 Å². The zero-order valence-electron chi connectivity index (χ0n) is 14.8. The first kappa shape index (κ1) is 15.9. The Bertz CT molecular complexity index is 998. The maximum atomic E-state index is 12.6. The minimum Gasteiger partial charge on any atom is -0.508 e. The standard InChI is InChI=1S/C23H19NO3/c25-17-10-9-15-12-24(13-16(15)11-17)23(26)27-14-22-20-7-3-1-5-18(20)19-6-2-4-8-21(19)22/h1-11,22,25H,12-14H2. The van der Waals surface area contributed by atoms with Gasteiger partial charge in [-0.25, -0.2) is 4.79 Å². The Morgan fingerprint density at radius 1 is 0.926 bits per heavy atom. The van der Waals surface area contributed by atoms with Crippen molar-refractivity contribution in [3.05, 3.63) is 89.0 Å². The van der Waals surface area contributed by atoms with Crippen molar-refractivity contribution in [2.75, 3.05) is 6.61 Å². The number of nitrogens with zero attached hydrogens (tertiary/aromatic N) is 1. The summed E-state index contributed by atoms with van der Waals surface area (Å²) in [5.74, 6) is 0.290. The molecule has 3 aromatic rings. The van der Waals surface area contributed by atoms with Gasteiger partial charge in [0.05, 0.1) is 0 Å². The molecule has 3 aromatic carbocycles. The van der Waals surface area contributed by atoms with E-state index >= 15 is 0 Å². The fraction of sp³-hybridized carbons (Fsp3) is 0.174. The molecule has 0 saturated carbocycles. The second kappa shape index (κ2) is 6.16. The van der Waals surface area contributed by atoms with Gasteiger partial charge >= 0.3 is 6.09 Å². The fourth-order valence-corrected chi connectivity index (χ4v) is 4.20. The number of benzene rings is 3. The van der Waals surface area contributed by atoms with E-state index in [2.05, 4.69) is 24.3 Å². The number of ether oxygens (including phenoxy) is 1. The fourth-order valence-electron chi connectivity index (χ4n) is 4.20. The Morgan fingerprint density at radius 3 is 2.26 bits per heavy atom. The Balaban J connectivity index is 1.33. The van der Waals surface area contributed by atoms with Gasteiger partial charge in [0.25, 0.3) is 0 Å². The van der Waals surface area contributed by atoms with Gasteiger partial charge in [-0.15, -0.1) is 0 Å². The summed E-state index contributed by atoms with van der Waals surface area (Å²) in [6.07, 6.45) is -0.312. The number of carbonyl (C=O) groups excluding carboxylic acids is 1. The smallest absolute Gasteiger partial charge is 0.410 e. The molecule has 4 heteroatoms. The van der Waals surface area contributed by atoms with Crippen LogP contribution < -0.4 is 0 Å². The minimum atomic E-state index is -0.312. The molecule has 4 nitrogen and oxygen atoms in total. The van der Waals surface area contributed by atoms with Gasteiger partial charge in [0.15, 0.2) is 0 Å². The molecule has 1 N–H and O–H groups in total. The third kappa shape index (κ3) is 2.65. The third-order valence-electron chi connectivity index (χ3n) is 5.51. The molecule has 1 aliphatic heterocycles. The lowest BCUT2D eigenvalue weighted by molar-refractivity contribution is 0.0990. The highest BCUT2D eigenvalue weighted by Gasteiger charge is 2.30. The van der Waals surface area contributed by atoms with Crippen molar-refractivity contribution in [1.29, 1.82) is 0 Å². The van der Waals surface area contributed by atoms with Gasteiger partial charge < -0.3 is 9.84 Å². The Morgan fingerprint density at radius 2 is 1.56 bits per heavy atom. The van der Waals surface area contributed by atoms with E-state index in [0.29, 0.717) is 19.7 Å². The second-order valence-corrected chi connectivity index (χ2v) is 7.11. The van der Waals surface area contributed by atoms with Crippen LogP contribution in [0.25, 0.3) is 11.1 Å². The molecule has 2 aliphatic rings. The van der Waals surface area contributed by atoms with Gasteiger partial charge in [-0.3, -0.25) is 4.90 Å². The molecule has 0 aromatic heterocycles. The lowest BCUT2D eigenvalue weighted by Crippen LogP contribution is -2.27. The summed E-state index contributed by atoms with van der Waals surface area (Å²) in [4.78, 5) is 14.3. The predicted octanol–water partition coefficient (Wildman–Crippen LogP) is 4.66. The van der Waals surface area contributed by atoms with Crippen molar-refractivity contribution >= 4 is 6.09 Å². The molecule has 5 rings (SSSR count). The average Bonchev–Trinajstić information content (AvgIpc) is 3.25. The van der Waals surface area contributed by atoms with Crippen molar-refractivity contribution in [2.45, 2.75) is 19.0 Å². The van der Waals surface area contributed by atoms with Gasteiger partial charge in [-0.1, -0.05) is 54.6 Å². The summed E-state index contributed by atoms with van der Waals surface area (Å²) in [6, 6.07) is 21.9. The number of amides is 1. The Hall–Kier alpha value is -3.27. The topological polar surface area (TPSA) is 49.8 Å². The number of rotatable bonds is 2. The Kier molecular flexibility index (Phi) is 3.64. The summed E-state index contributed by atoms with van der Waals surface area (Å²) >= 11 is 0. The van der Waals surface area contributed by atoms with E-state index in [0.717, 1.165) is 11.1 Å². The van der Waals surface area contributed by atoms with Crippen LogP contribution in [0.3, 0.4) is 0 Å². The van der Waals surface area contributed by atoms with Crippen LogP contribution in [0.4, 0.5) is 4.79 Å². The van der Waals surface area contributed by atoms with Crippen LogP contribution in [0.1, 0.15) is 28.2 Å². The van der Waals surface area contributed by atoms with Crippen LogP contribution in [-0.4, -0.2) is 22.7 Å². The monoisotopic (exact) mass is 357 g/mol. The summed E-state index contributed by atoms with van der Waals surface area (Å²) in [7, 11) is 0. The zero-order chi connectivity index (χ0) is 18.4. The highest BCUT2D eigenvalue weighted by molar-refractivity contribution is 5.79. The number of fused-ring (bicyclic) bond motifs is 4. The number of phenolic OH excluding ortho intramolecular Hbond substituents is 1. The molecule has 27 heavy (non-hydrogen) atoms. The first-order valence-electron chi connectivity index (χ1n) is 9.11. The third-order valence-corrected chi connectivity index (χ3v) is 5.51. The van der Waals surface area contributed by atoms with Gasteiger partial charge in [0.2, 0.25) is 0 Å². The van der Waals surface area contributed by atoms with Gasteiger partial charge in [0.1, 0.15) is 12.4 Å². The van der Waals surface area contributed by atoms with E-state index in [1.54, 1.807) is 17.0 Å². The lowest BCUT2D eigenvalue weighted by atomic mass is 9.98. The van der Waals surface area contributed by atoms with Crippen LogP contribution in [0, 0.1) is 0 Å². The lowest BCUT2D eigenvalue weighted by Gasteiger charge is -2.19. The number of phenols is 1. The first-order valence-corrected chi connectivity index (χ1v) is 9.11. The maximum Gasteiger partial charge on any atom is 0.410 e. The van der Waals surface area contributed by atoms with Crippen LogP contribution >= 0.6 is 0 Å². The van der Waals surface area contributed by atoms with E-state index in [9.17, 15) is 9.90 Å². The van der Waals surface area contributed by atoms with Gasteiger partial charge in [0, 0.05) is 19.0 Å². The molecule has 0 spiro atoms. The highest BCUT2D eigenvalue weighted by Crippen LogP contribution is 2.44. The van der Waals surface area contributed by atoms with Crippen LogP contribution in [0.5, 0.6) is 5.75 Å². The second-order valence-electron chi connectivity index (χ2n) is 7.11. The Labute approximate surface area is 157 Å². The first-order chi connectivity index (χ1) is 13.2. The largest absolute Gasteiger partial charge is 0.508 e. The van der Waals surface area contributed by atoms with Gasteiger partial charge in [-0.05, 0) is 45.5 Å². The molecular formula is C23H19NO3. The molecule has 0 unspecified atom stereocenters. The minimum absolute atomic E-state index is 0.0652. The van der Waals surface area contributed by atoms with Crippen molar-refractivity contribution in [3.63, 3.8) is 0 Å². The quantitative estimate of drug-likeness (QED) is 0.726. The average molecular weight is 357 g/mol. The van der Waals surface area contributed by atoms with E-state index in [-0.39, 0.29) is 17.8 Å². The van der Waals surface area contributed by atoms with E-state index in [1.165, 1.54) is 22.3 Å². The summed E-state index contributed by atoms with van der Waals surface area (Å²) in [6.45, 7) is 1.32. The van der Waals surface area contributed by atoms with Crippen LogP contribution in [0.15, 0.2) is 66.7 Å². The number of hydrogen-bond acceptors (Lipinski definition) is 3. The molecule has 1 amide bonds. The summed E-state index contributed by atoms with van der Waals surface area (Å²) < 4.78 is 5.71. The highest BCUT2D eigenvalue weighted by atomic mass is 16.6. The SMILES string of the molecule is O=C(OCC1c2ccccc2-c2ccccc21)N1Cc2ccc(O)cc2C1. The molecule has 0 atom stereocenters. The molecule has 1 aliphatic carbocycles. The number of hydrogen-bond donors (Lipinski definition) is 1. The molecular weight excluding hydrogens is 338 g/mol. The molecule has 0 saturated heterocycles.